The average molecular weight is 283 g/mol. The highest BCUT2D eigenvalue weighted by Gasteiger charge is 2.17. The van der Waals surface area contributed by atoms with Gasteiger partial charge in [0.05, 0.1) is 5.56 Å². The molecule has 21 heavy (non-hydrogen) atoms. The van der Waals surface area contributed by atoms with Gasteiger partial charge in [0.25, 0.3) is 11.8 Å². The number of carbonyl (C=O) groups is 2. The van der Waals surface area contributed by atoms with Gasteiger partial charge in [-0.1, -0.05) is 12.1 Å². The Morgan fingerprint density at radius 2 is 2.00 bits per heavy atom. The first-order chi connectivity index (χ1) is 10.0. The highest BCUT2D eigenvalue weighted by atomic mass is 16.2. The molecule has 0 unspecified atom stereocenters. The molecule has 0 atom stereocenters. The second-order valence-electron chi connectivity index (χ2n) is 4.68. The molecule has 0 saturated carbocycles. The van der Waals surface area contributed by atoms with Crippen LogP contribution in [0.2, 0.25) is 0 Å². The van der Waals surface area contributed by atoms with Crippen molar-refractivity contribution in [1.82, 2.24) is 4.98 Å². The fourth-order valence-electron chi connectivity index (χ4n) is 2.06. The van der Waals surface area contributed by atoms with Gasteiger partial charge < -0.3 is 10.6 Å². The van der Waals surface area contributed by atoms with Gasteiger partial charge in [-0.2, -0.15) is 0 Å². The molecule has 0 aliphatic carbocycles. The van der Waals surface area contributed by atoms with Crippen molar-refractivity contribution in [2.45, 2.75) is 13.8 Å². The highest BCUT2D eigenvalue weighted by molar-refractivity contribution is 6.06. The first-order valence-corrected chi connectivity index (χ1v) is 6.67. The summed E-state index contributed by atoms with van der Waals surface area (Å²) in [5, 5.41) is 0. The Kier molecular flexibility index (Phi) is 4.33. The zero-order chi connectivity index (χ0) is 15.4. The molecule has 0 aliphatic heterocycles. The molecule has 0 aliphatic rings. The molecule has 2 N–H and O–H groups in total. The van der Waals surface area contributed by atoms with E-state index in [4.69, 9.17) is 5.73 Å². The maximum absolute atomic E-state index is 12.5. The van der Waals surface area contributed by atoms with Gasteiger partial charge in [0, 0.05) is 18.4 Å². The predicted molar refractivity (Wildman–Crippen MR) is 81.3 cm³/mol. The number of pyridine rings is 1. The van der Waals surface area contributed by atoms with Crippen LogP contribution in [0.25, 0.3) is 0 Å². The quantitative estimate of drug-likeness (QED) is 0.934. The number of aryl methyl sites for hydroxylation is 1. The molecule has 0 spiro atoms. The van der Waals surface area contributed by atoms with Crippen molar-refractivity contribution in [3.8, 4) is 0 Å². The summed E-state index contributed by atoms with van der Waals surface area (Å²) in [5.41, 5.74) is 7.62. The van der Waals surface area contributed by atoms with Gasteiger partial charge >= 0.3 is 0 Å². The van der Waals surface area contributed by atoms with E-state index in [2.05, 4.69) is 4.98 Å². The number of nitrogens with zero attached hydrogens (tertiary/aromatic N) is 2. The minimum absolute atomic E-state index is 0.144. The largest absolute Gasteiger partial charge is 0.364 e. The summed E-state index contributed by atoms with van der Waals surface area (Å²) < 4.78 is 0. The third-order valence-corrected chi connectivity index (χ3v) is 3.14. The molecule has 5 nitrogen and oxygen atoms in total. The lowest BCUT2D eigenvalue weighted by Crippen LogP contribution is -2.30. The molecule has 0 saturated heterocycles. The van der Waals surface area contributed by atoms with E-state index >= 15 is 0 Å². The van der Waals surface area contributed by atoms with Gasteiger partial charge in [0.15, 0.2) is 0 Å². The number of hydrogen-bond acceptors (Lipinski definition) is 3. The molecular formula is C16H17N3O2. The molecule has 108 valence electrons. The van der Waals surface area contributed by atoms with Crippen LogP contribution >= 0.6 is 0 Å². The van der Waals surface area contributed by atoms with Crippen LogP contribution in [0.5, 0.6) is 0 Å². The van der Waals surface area contributed by atoms with E-state index in [0.717, 1.165) is 11.3 Å². The van der Waals surface area contributed by atoms with E-state index in [1.807, 2.05) is 38.1 Å². The Morgan fingerprint density at radius 1 is 1.24 bits per heavy atom. The number of aromatic nitrogens is 1. The van der Waals surface area contributed by atoms with Crippen LogP contribution < -0.4 is 10.6 Å². The highest BCUT2D eigenvalue weighted by Crippen LogP contribution is 2.18. The predicted octanol–water partition coefficient (Wildman–Crippen LogP) is 2.16. The van der Waals surface area contributed by atoms with E-state index in [-0.39, 0.29) is 11.6 Å². The zero-order valence-electron chi connectivity index (χ0n) is 12.0. The molecule has 1 aromatic heterocycles. The van der Waals surface area contributed by atoms with Crippen LogP contribution in [-0.2, 0) is 0 Å². The van der Waals surface area contributed by atoms with E-state index in [0.29, 0.717) is 12.1 Å². The number of amides is 2. The number of rotatable bonds is 4. The lowest BCUT2D eigenvalue weighted by atomic mass is 10.1. The van der Waals surface area contributed by atoms with E-state index in [9.17, 15) is 9.59 Å². The topological polar surface area (TPSA) is 76.3 Å². The Hall–Kier alpha value is -2.69. The van der Waals surface area contributed by atoms with E-state index < -0.39 is 5.91 Å². The summed E-state index contributed by atoms with van der Waals surface area (Å²) in [7, 11) is 0. The third-order valence-electron chi connectivity index (χ3n) is 3.14. The first-order valence-electron chi connectivity index (χ1n) is 6.67. The van der Waals surface area contributed by atoms with Crippen LogP contribution in [0.1, 0.15) is 33.3 Å². The minimum atomic E-state index is -0.611. The van der Waals surface area contributed by atoms with E-state index in [1.165, 1.54) is 12.3 Å². The first kappa shape index (κ1) is 14.7. The van der Waals surface area contributed by atoms with Crippen molar-refractivity contribution in [2.75, 3.05) is 11.4 Å². The Labute approximate surface area is 123 Å². The second-order valence-corrected chi connectivity index (χ2v) is 4.68. The van der Waals surface area contributed by atoms with Gasteiger partial charge in [-0.25, -0.2) is 0 Å². The van der Waals surface area contributed by atoms with Crippen molar-refractivity contribution >= 4 is 17.5 Å². The SMILES string of the molecule is CCN(C(=O)c1ccc(C(N)=O)nc1)c1cccc(C)c1. The number of anilines is 1. The van der Waals surface area contributed by atoms with Gasteiger partial charge in [-0.05, 0) is 43.7 Å². The summed E-state index contributed by atoms with van der Waals surface area (Å²) >= 11 is 0. The molecular weight excluding hydrogens is 266 g/mol. The minimum Gasteiger partial charge on any atom is -0.364 e. The molecule has 2 aromatic rings. The number of nitrogens with two attached hydrogens (primary N) is 1. The molecule has 5 heteroatoms. The number of hydrogen-bond donors (Lipinski definition) is 1. The molecule has 2 rings (SSSR count). The van der Waals surface area contributed by atoms with Crippen LogP contribution in [-0.4, -0.2) is 23.3 Å². The van der Waals surface area contributed by atoms with Crippen molar-refractivity contribution in [1.29, 1.82) is 0 Å². The monoisotopic (exact) mass is 283 g/mol. The molecule has 1 heterocycles. The number of carbonyl (C=O) groups excluding carboxylic acids is 2. The number of primary amides is 1. The lowest BCUT2D eigenvalue weighted by molar-refractivity contribution is 0.0978. The third kappa shape index (κ3) is 3.25. The van der Waals surface area contributed by atoms with Crippen molar-refractivity contribution < 1.29 is 9.59 Å². The smallest absolute Gasteiger partial charge is 0.267 e. The van der Waals surface area contributed by atoms with Gasteiger partial charge in [0.1, 0.15) is 5.69 Å². The molecule has 0 radical (unpaired) electrons. The van der Waals surface area contributed by atoms with Crippen molar-refractivity contribution in [3.63, 3.8) is 0 Å². The van der Waals surface area contributed by atoms with E-state index in [1.54, 1.807) is 11.0 Å². The normalized spacial score (nSPS) is 10.2. The number of benzene rings is 1. The van der Waals surface area contributed by atoms with Crippen LogP contribution in [0.4, 0.5) is 5.69 Å². The average Bonchev–Trinajstić information content (AvgIpc) is 2.48. The van der Waals surface area contributed by atoms with Gasteiger partial charge in [-0.3, -0.25) is 14.6 Å². The fraction of sp³-hybridized carbons (Fsp3) is 0.188. The fourth-order valence-corrected chi connectivity index (χ4v) is 2.06. The van der Waals surface area contributed by atoms with Crippen molar-refractivity contribution in [3.05, 3.63) is 59.4 Å². The maximum atomic E-state index is 12.5. The molecule has 0 fully saturated rings. The Morgan fingerprint density at radius 3 is 2.52 bits per heavy atom. The standard InChI is InChI=1S/C16H17N3O2/c1-3-19(13-6-4-5-11(2)9-13)16(21)12-7-8-14(15(17)20)18-10-12/h4-10H,3H2,1-2H3,(H2,17,20). The summed E-state index contributed by atoms with van der Waals surface area (Å²) in [5.74, 6) is -0.772. The molecule has 0 bridgehead atoms. The molecule has 2 amide bonds. The summed E-state index contributed by atoms with van der Waals surface area (Å²) in [6.07, 6.45) is 1.38. The van der Waals surface area contributed by atoms with Gasteiger partial charge in [0.2, 0.25) is 0 Å². The second kappa shape index (κ2) is 6.17. The van der Waals surface area contributed by atoms with Gasteiger partial charge in [-0.15, -0.1) is 0 Å². The Bertz CT molecular complexity index is 665. The summed E-state index contributed by atoms with van der Waals surface area (Å²) in [4.78, 5) is 29.1. The summed E-state index contributed by atoms with van der Waals surface area (Å²) in [6, 6.07) is 10.7. The Balaban J connectivity index is 2.30. The zero-order valence-corrected chi connectivity index (χ0v) is 12.0. The van der Waals surface area contributed by atoms with Crippen LogP contribution in [0, 0.1) is 6.92 Å². The maximum Gasteiger partial charge on any atom is 0.267 e. The van der Waals surface area contributed by atoms with Crippen LogP contribution in [0.3, 0.4) is 0 Å². The van der Waals surface area contributed by atoms with Crippen LogP contribution in [0.15, 0.2) is 42.6 Å². The molecule has 1 aromatic carbocycles. The van der Waals surface area contributed by atoms with Crippen molar-refractivity contribution in [2.24, 2.45) is 5.73 Å². The summed E-state index contributed by atoms with van der Waals surface area (Å²) in [6.45, 7) is 4.43. The lowest BCUT2D eigenvalue weighted by Gasteiger charge is -2.21.